The highest BCUT2D eigenvalue weighted by Crippen LogP contribution is 2.43. The van der Waals surface area contributed by atoms with Crippen LogP contribution in [0.25, 0.3) is 0 Å². The second-order valence-electron chi connectivity index (χ2n) is 25.8. The van der Waals surface area contributed by atoms with E-state index in [0.29, 0.717) is 23.9 Å². The van der Waals surface area contributed by atoms with Crippen molar-refractivity contribution in [3.8, 4) is 0 Å². The monoisotopic (exact) mass is 1180 g/mol. The normalized spacial score (nSPS) is 13.7. The SMILES string of the molecule is CCCCC/C=C\C/C=C\CCCCCCCCCCCCCCCC(=O)NC(COP(=O)(O)OCC[N+](C)(C)C)C(/C=C/CCCCCCCCCCCC)OC(=O)CCCCCCCCCCCCCCCCCCCCCCC. The van der Waals surface area contributed by atoms with Crippen molar-refractivity contribution in [2.75, 3.05) is 40.9 Å². The first-order valence-corrected chi connectivity index (χ1v) is 37.3. The number of nitrogens with one attached hydrogen (secondary N) is 1. The van der Waals surface area contributed by atoms with Crippen molar-refractivity contribution >= 4 is 19.7 Å². The molecule has 0 saturated carbocycles. The fraction of sp³-hybridized carbons (Fsp3) is 0.889. The molecule has 0 aliphatic rings. The zero-order valence-corrected chi connectivity index (χ0v) is 56.4. The first-order chi connectivity index (χ1) is 39.9. The van der Waals surface area contributed by atoms with Gasteiger partial charge in [-0.2, -0.15) is 0 Å². The molecule has 0 aliphatic carbocycles. The van der Waals surface area contributed by atoms with Crippen molar-refractivity contribution < 1.29 is 37.3 Å². The fourth-order valence-electron chi connectivity index (χ4n) is 10.8. The molecule has 0 aromatic carbocycles. The van der Waals surface area contributed by atoms with Crippen LogP contribution in [0.4, 0.5) is 0 Å². The molecule has 10 heteroatoms. The van der Waals surface area contributed by atoms with E-state index in [1.807, 2.05) is 33.3 Å². The highest BCUT2D eigenvalue weighted by atomic mass is 31.2. The molecule has 9 nitrogen and oxygen atoms in total. The minimum atomic E-state index is -4.45. The Bertz CT molecular complexity index is 1500. The predicted molar refractivity (Wildman–Crippen MR) is 356 cm³/mol. The van der Waals surface area contributed by atoms with Crippen LogP contribution in [-0.4, -0.2) is 74.3 Å². The van der Waals surface area contributed by atoms with E-state index in [9.17, 15) is 19.0 Å². The van der Waals surface area contributed by atoms with E-state index in [1.165, 1.54) is 263 Å². The van der Waals surface area contributed by atoms with E-state index in [1.54, 1.807) is 0 Å². The van der Waals surface area contributed by atoms with Crippen LogP contribution in [0.5, 0.6) is 0 Å². The number of phosphoric acid groups is 1. The van der Waals surface area contributed by atoms with Crippen molar-refractivity contribution in [1.29, 1.82) is 0 Å². The number of allylic oxidation sites excluding steroid dienone is 5. The molecule has 0 rings (SSSR count). The summed E-state index contributed by atoms with van der Waals surface area (Å²) in [7, 11) is 1.51. The Morgan fingerprint density at radius 1 is 0.427 bits per heavy atom. The Morgan fingerprint density at radius 3 is 1.12 bits per heavy atom. The summed E-state index contributed by atoms with van der Waals surface area (Å²) in [6.07, 6.45) is 77.3. The van der Waals surface area contributed by atoms with Gasteiger partial charge in [-0.05, 0) is 63.9 Å². The molecule has 3 unspecified atom stereocenters. The average Bonchev–Trinajstić information content (AvgIpc) is 3.47. The van der Waals surface area contributed by atoms with Gasteiger partial charge in [-0.15, -0.1) is 0 Å². The summed E-state index contributed by atoms with van der Waals surface area (Å²) in [5.74, 6) is -0.485. The molecule has 3 atom stereocenters. The van der Waals surface area contributed by atoms with Gasteiger partial charge in [-0.3, -0.25) is 18.6 Å². The van der Waals surface area contributed by atoms with Gasteiger partial charge in [-0.25, -0.2) is 4.57 Å². The molecule has 484 valence electrons. The van der Waals surface area contributed by atoms with Crippen LogP contribution in [0.3, 0.4) is 0 Å². The molecular formula is C72H140N2O7P+. The Labute approximate surface area is 510 Å². The second kappa shape index (κ2) is 62.3. The summed E-state index contributed by atoms with van der Waals surface area (Å²) in [6, 6.07) is -0.845. The fourth-order valence-corrected chi connectivity index (χ4v) is 11.5. The van der Waals surface area contributed by atoms with Gasteiger partial charge in [0, 0.05) is 12.8 Å². The summed E-state index contributed by atoms with van der Waals surface area (Å²) in [5, 5.41) is 3.08. The third kappa shape index (κ3) is 62.8. The number of amides is 1. The topological polar surface area (TPSA) is 111 Å². The van der Waals surface area contributed by atoms with Crippen LogP contribution in [0.1, 0.15) is 361 Å². The average molecular weight is 1180 g/mol. The molecular weight excluding hydrogens is 1040 g/mol. The van der Waals surface area contributed by atoms with Crippen LogP contribution in [0, 0.1) is 0 Å². The molecule has 2 N–H and O–H groups in total. The summed E-state index contributed by atoms with van der Waals surface area (Å²) in [6.45, 7) is 7.05. The maximum absolute atomic E-state index is 13.6. The number of phosphoric ester groups is 1. The summed E-state index contributed by atoms with van der Waals surface area (Å²) in [4.78, 5) is 37.9. The third-order valence-corrected chi connectivity index (χ3v) is 17.3. The maximum atomic E-state index is 13.6. The zero-order valence-electron chi connectivity index (χ0n) is 55.5. The van der Waals surface area contributed by atoms with Crippen molar-refractivity contribution in [3.63, 3.8) is 0 Å². The summed E-state index contributed by atoms with van der Waals surface area (Å²) >= 11 is 0. The molecule has 0 aliphatic heterocycles. The van der Waals surface area contributed by atoms with Crippen LogP contribution in [0.15, 0.2) is 36.5 Å². The van der Waals surface area contributed by atoms with E-state index in [-0.39, 0.29) is 25.1 Å². The quantitative estimate of drug-likeness (QED) is 0.0205. The minimum Gasteiger partial charge on any atom is -0.456 e. The van der Waals surface area contributed by atoms with E-state index in [4.69, 9.17) is 13.8 Å². The Morgan fingerprint density at radius 2 is 0.744 bits per heavy atom. The highest BCUT2D eigenvalue weighted by molar-refractivity contribution is 7.47. The smallest absolute Gasteiger partial charge is 0.456 e. The van der Waals surface area contributed by atoms with Crippen molar-refractivity contribution in [3.05, 3.63) is 36.5 Å². The molecule has 1 amide bonds. The number of carbonyl (C=O) groups is 2. The predicted octanol–water partition coefficient (Wildman–Crippen LogP) is 22.6. The molecule has 0 spiro atoms. The van der Waals surface area contributed by atoms with E-state index >= 15 is 0 Å². The number of likely N-dealkylation sites (N-methyl/N-ethyl adjacent to an activating group) is 1. The second-order valence-corrected chi connectivity index (χ2v) is 27.2. The molecule has 0 aromatic heterocycles. The minimum absolute atomic E-state index is 0.0432. The lowest BCUT2D eigenvalue weighted by molar-refractivity contribution is -0.870. The van der Waals surface area contributed by atoms with Crippen LogP contribution in [-0.2, 0) is 27.9 Å². The lowest BCUT2D eigenvalue weighted by Gasteiger charge is -2.27. The molecule has 0 saturated heterocycles. The number of rotatable bonds is 66. The Kier molecular flexibility index (Phi) is 60.9. The summed E-state index contributed by atoms with van der Waals surface area (Å²) in [5.41, 5.74) is 0. The van der Waals surface area contributed by atoms with Gasteiger partial charge in [0.2, 0.25) is 5.91 Å². The van der Waals surface area contributed by atoms with Gasteiger partial charge >= 0.3 is 13.8 Å². The Hall–Kier alpha value is -1.77. The highest BCUT2D eigenvalue weighted by Gasteiger charge is 2.30. The first kappa shape index (κ1) is 80.2. The molecule has 0 fully saturated rings. The number of carbonyl (C=O) groups excluding carboxylic acids is 2. The lowest BCUT2D eigenvalue weighted by Crippen LogP contribution is -2.47. The van der Waals surface area contributed by atoms with Crippen LogP contribution < -0.4 is 5.32 Å². The van der Waals surface area contributed by atoms with Crippen molar-refractivity contribution in [2.24, 2.45) is 0 Å². The number of nitrogens with zero attached hydrogens (tertiary/aromatic N) is 1. The van der Waals surface area contributed by atoms with Crippen molar-refractivity contribution in [1.82, 2.24) is 5.32 Å². The van der Waals surface area contributed by atoms with Crippen LogP contribution in [0.2, 0.25) is 0 Å². The van der Waals surface area contributed by atoms with Gasteiger partial charge in [0.1, 0.15) is 19.3 Å². The number of hydrogen-bond acceptors (Lipinski definition) is 6. The van der Waals surface area contributed by atoms with Gasteiger partial charge in [0.15, 0.2) is 0 Å². The van der Waals surface area contributed by atoms with Crippen molar-refractivity contribution in [2.45, 2.75) is 373 Å². The standard InChI is InChI=1S/C72H139N2O7P/c1-7-10-13-16-19-22-25-28-30-32-34-36-37-39-40-42-44-46-49-52-55-58-61-64-71(75)73-69(68-80-82(77,78)79-67-66-74(4,5)6)70(63-60-57-54-51-48-27-24-21-18-15-12-9-3)81-72(76)65-62-59-56-53-50-47-45-43-41-38-35-33-31-29-26-23-20-17-14-11-8-2/h19,22,28,30,60,63,69-70H,7-18,20-21,23-27,29,31-59,61-62,64-68H2,1-6H3,(H-,73,75,77,78)/p+1/b22-19-,30-28-,63-60+. The van der Waals surface area contributed by atoms with E-state index in [0.717, 1.165) is 64.2 Å². The molecule has 0 heterocycles. The number of hydrogen-bond donors (Lipinski definition) is 2. The van der Waals surface area contributed by atoms with E-state index < -0.39 is 20.0 Å². The maximum Gasteiger partial charge on any atom is 0.472 e. The first-order valence-electron chi connectivity index (χ1n) is 35.8. The molecule has 82 heavy (non-hydrogen) atoms. The zero-order chi connectivity index (χ0) is 60.0. The third-order valence-electron chi connectivity index (χ3n) is 16.3. The largest absolute Gasteiger partial charge is 0.472 e. The molecule has 0 bridgehead atoms. The lowest BCUT2D eigenvalue weighted by atomic mass is 10.0. The number of esters is 1. The van der Waals surface area contributed by atoms with E-state index in [2.05, 4.69) is 50.4 Å². The number of ether oxygens (including phenoxy) is 1. The molecule has 0 aromatic rings. The summed E-state index contributed by atoms with van der Waals surface area (Å²) < 4.78 is 30.8. The number of unbranched alkanes of at least 4 members (excludes halogenated alkanes) is 46. The Balaban J connectivity index is 5.04. The number of quaternary nitrogens is 1. The van der Waals surface area contributed by atoms with Crippen LogP contribution >= 0.6 is 7.82 Å². The van der Waals surface area contributed by atoms with Gasteiger partial charge in [-0.1, -0.05) is 321 Å². The van der Waals surface area contributed by atoms with Gasteiger partial charge in [0.25, 0.3) is 0 Å². The van der Waals surface area contributed by atoms with Gasteiger partial charge < -0.3 is 19.4 Å². The molecule has 0 radical (unpaired) electrons. The van der Waals surface area contributed by atoms with Gasteiger partial charge in [0.05, 0.1) is 33.8 Å².